The highest BCUT2D eigenvalue weighted by Gasteiger charge is 2.35. The molecule has 1 aliphatic heterocycles. The van der Waals surface area contributed by atoms with Gasteiger partial charge in [0.25, 0.3) is 0 Å². The lowest BCUT2D eigenvalue weighted by molar-refractivity contribution is 0.0363. The standard InChI is InChI=1S/C23H20ClN3O2S/c1-15-19(22(26-29-15)16-5-3-2-4-6-16)13-28-23-18-8-7-17(24)11-20(18)30-21(23)12-27-10-9-25-14-27/h2-11,14,21,23H,12-13H2,1H3/t21-,23-/m1/s1. The summed E-state index contributed by atoms with van der Waals surface area (Å²) >= 11 is 8.04. The first kappa shape index (κ1) is 19.4. The van der Waals surface area contributed by atoms with Crippen LogP contribution in [0, 0.1) is 6.92 Å². The largest absolute Gasteiger partial charge is 0.367 e. The maximum absolute atomic E-state index is 6.52. The van der Waals surface area contributed by atoms with E-state index in [2.05, 4.69) is 20.8 Å². The predicted octanol–water partition coefficient (Wildman–Crippen LogP) is 5.93. The monoisotopic (exact) mass is 437 g/mol. The molecule has 0 aliphatic carbocycles. The molecule has 2 atom stereocenters. The summed E-state index contributed by atoms with van der Waals surface area (Å²) in [5, 5.41) is 5.23. The van der Waals surface area contributed by atoms with Crippen molar-refractivity contribution in [3.05, 3.63) is 89.2 Å². The minimum absolute atomic E-state index is 0.0670. The van der Waals surface area contributed by atoms with Crippen LogP contribution in [-0.2, 0) is 17.9 Å². The fourth-order valence-corrected chi connectivity index (χ4v) is 5.43. The molecule has 0 bridgehead atoms. The molecule has 0 spiro atoms. The summed E-state index contributed by atoms with van der Waals surface area (Å²) in [5.41, 5.74) is 4.01. The zero-order valence-corrected chi connectivity index (χ0v) is 17.9. The van der Waals surface area contributed by atoms with Crippen molar-refractivity contribution in [1.29, 1.82) is 0 Å². The number of thioether (sulfide) groups is 1. The van der Waals surface area contributed by atoms with Crippen molar-refractivity contribution in [3.63, 3.8) is 0 Å². The van der Waals surface area contributed by atoms with E-state index in [1.165, 1.54) is 10.5 Å². The number of hydrogen-bond donors (Lipinski definition) is 0. The van der Waals surface area contributed by atoms with Crippen molar-refractivity contribution in [3.8, 4) is 11.3 Å². The topological polar surface area (TPSA) is 53.1 Å². The Labute approximate surface area is 184 Å². The lowest BCUT2D eigenvalue weighted by Crippen LogP contribution is -2.19. The number of ether oxygens (including phenoxy) is 1. The summed E-state index contributed by atoms with van der Waals surface area (Å²) in [6.45, 7) is 3.15. The van der Waals surface area contributed by atoms with Gasteiger partial charge in [0, 0.05) is 40.0 Å². The molecule has 30 heavy (non-hydrogen) atoms. The van der Waals surface area contributed by atoms with Crippen molar-refractivity contribution >= 4 is 23.4 Å². The Morgan fingerprint density at radius 3 is 2.87 bits per heavy atom. The molecule has 152 valence electrons. The van der Waals surface area contributed by atoms with Gasteiger partial charge < -0.3 is 13.8 Å². The van der Waals surface area contributed by atoms with E-state index in [0.29, 0.717) is 6.61 Å². The summed E-state index contributed by atoms with van der Waals surface area (Å²) in [6, 6.07) is 16.1. The van der Waals surface area contributed by atoms with Gasteiger partial charge in [-0.05, 0) is 24.6 Å². The Balaban J connectivity index is 1.42. The van der Waals surface area contributed by atoms with Crippen molar-refractivity contribution in [2.75, 3.05) is 0 Å². The molecule has 0 saturated carbocycles. The number of benzene rings is 2. The summed E-state index contributed by atoms with van der Waals surface area (Å²) in [5.74, 6) is 0.780. The highest BCUT2D eigenvalue weighted by molar-refractivity contribution is 8.00. The van der Waals surface area contributed by atoms with E-state index >= 15 is 0 Å². The van der Waals surface area contributed by atoms with Crippen LogP contribution in [0.15, 0.2) is 76.7 Å². The second kappa shape index (κ2) is 8.30. The first-order valence-electron chi connectivity index (χ1n) is 9.73. The van der Waals surface area contributed by atoms with Crippen LogP contribution >= 0.6 is 23.4 Å². The molecular formula is C23H20ClN3O2S. The molecule has 0 radical (unpaired) electrons. The van der Waals surface area contributed by atoms with Crippen LogP contribution in [0.2, 0.25) is 5.02 Å². The summed E-state index contributed by atoms with van der Waals surface area (Å²) in [4.78, 5) is 5.34. The fourth-order valence-electron chi connectivity index (χ4n) is 3.76. The number of fused-ring (bicyclic) bond motifs is 1. The van der Waals surface area contributed by atoms with E-state index in [1.54, 1.807) is 18.0 Å². The summed E-state index contributed by atoms with van der Waals surface area (Å²) in [6.07, 6.45) is 5.55. The van der Waals surface area contributed by atoms with Crippen LogP contribution in [-0.4, -0.2) is 20.0 Å². The van der Waals surface area contributed by atoms with E-state index in [4.69, 9.17) is 20.9 Å². The highest BCUT2D eigenvalue weighted by atomic mass is 35.5. The quantitative estimate of drug-likeness (QED) is 0.374. The number of rotatable bonds is 6. The predicted molar refractivity (Wildman–Crippen MR) is 118 cm³/mol. The van der Waals surface area contributed by atoms with E-state index < -0.39 is 0 Å². The number of aromatic nitrogens is 3. The molecule has 0 N–H and O–H groups in total. The second-order valence-electron chi connectivity index (χ2n) is 7.26. The Kier molecular flexibility index (Phi) is 5.37. The van der Waals surface area contributed by atoms with Gasteiger partial charge in [0.2, 0.25) is 0 Å². The molecule has 4 aromatic rings. The number of hydrogen-bond acceptors (Lipinski definition) is 5. The van der Waals surface area contributed by atoms with Gasteiger partial charge in [0.15, 0.2) is 0 Å². The van der Waals surface area contributed by atoms with Gasteiger partial charge in [-0.25, -0.2) is 4.98 Å². The second-order valence-corrected chi connectivity index (χ2v) is 8.98. The minimum atomic E-state index is -0.0670. The highest BCUT2D eigenvalue weighted by Crippen LogP contribution is 2.48. The third-order valence-electron chi connectivity index (χ3n) is 5.29. The Bertz CT molecular complexity index is 1140. The van der Waals surface area contributed by atoms with Crippen molar-refractivity contribution in [2.24, 2.45) is 0 Å². The first-order valence-corrected chi connectivity index (χ1v) is 11.0. The van der Waals surface area contributed by atoms with Crippen LogP contribution in [0.25, 0.3) is 11.3 Å². The molecule has 1 aliphatic rings. The van der Waals surface area contributed by atoms with Crippen molar-refractivity contribution in [2.45, 2.75) is 36.3 Å². The van der Waals surface area contributed by atoms with Crippen LogP contribution < -0.4 is 0 Å². The Morgan fingerprint density at radius 1 is 1.20 bits per heavy atom. The molecular weight excluding hydrogens is 418 g/mol. The van der Waals surface area contributed by atoms with Crippen LogP contribution in [0.1, 0.15) is 23.0 Å². The Hall–Kier alpha value is -2.54. The first-order chi connectivity index (χ1) is 14.7. The van der Waals surface area contributed by atoms with Crippen LogP contribution in [0.5, 0.6) is 0 Å². The minimum Gasteiger partial charge on any atom is -0.367 e. The summed E-state index contributed by atoms with van der Waals surface area (Å²) in [7, 11) is 0. The Morgan fingerprint density at radius 2 is 2.07 bits per heavy atom. The molecule has 7 heteroatoms. The molecule has 0 saturated heterocycles. The average Bonchev–Trinajstić information content (AvgIpc) is 3.47. The van der Waals surface area contributed by atoms with Crippen molar-refractivity contribution < 1.29 is 9.26 Å². The number of halogens is 1. The van der Waals surface area contributed by atoms with E-state index in [9.17, 15) is 0 Å². The summed E-state index contributed by atoms with van der Waals surface area (Å²) < 4.78 is 14.1. The molecule has 2 aromatic heterocycles. The van der Waals surface area contributed by atoms with E-state index in [1.807, 2.05) is 61.9 Å². The van der Waals surface area contributed by atoms with Gasteiger partial charge in [0.05, 0.1) is 24.3 Å². The van der Waals surface area contributed by atoms with Gasteiger partial charge in [-0.15, -0.1) is 11.8 Å². The number of aryl methyl sites for hydroxylation is 1. The molecule has 5 rings (SSSR count). The van der Waals surface area contributed by atoms with Gasteiger partial charge in [-0.3, -0.25) is 0 Å². The molecule has 0 fully saturated rings. The zero-order valence-electron chi connectivity index (χ0n) is 16.4. The SMILES string of the molecule is Cc1onc(-c2ccccc2)c1CO[C@@H]1c2ccc(Cl)cc2S[C@@H]1Cn1ccnc1. The van der Waals surface area contributed by atoms with E-state index in [-0.39, 0.29) is 11.4 Å². The lowest BCUT2D eigenvalue weighted by atomic mass is 10.1. The molecule has 3 heterocycles. The smallest absolute Gasteiger partial charge is 0.139 e. The number of imidazole rings is 1. The van der Waals surface area contributed by atoms with Crippen LogP contribution in [0.3, 0.4) is 0 Å². The lowest BCUT2D eigenvalue weighted by Gasteiger charge is -2.21. The zero-order chi connectivity index (χ0) is 20.5. The van der Waals surface area contributed by atoms with Gasteiger partial charge in [0.1, 0.15) is 11.5 Å². The fraction of sp³-hybridized carbons (Fsp3) is 0.217. The number of nitrogens with zero attached hydrogens (tertiary/aromatic N) is 3. The normalized spacial score (nSPS) is 17.9. The maximum atomic E-state index is 6.52. The van der Waals surface area contributed by atoms with Gasteiger partial charge in [-0.1, -0.05) is 53.2 Å². The van der Waals surface area contributed by atoms with Crippen LogP contribution in [0.4, 0.5) is 0 Å². The third kappa shape index (κ3) is 3.78. The van der Waals surface area contributed by atoms with Gasteiger partial charge >= 0.3 is 0 Å². The van der Waals surface area contributed by atoms with E-state index in [0.717, 1.165) is 34.1 Å². The molecule has 0 unspecified atom stereocenters. The molecule has 0 amide bonds. The molecule has 5 nitrogen and oxygen atoms in total. The van der Waals surface area contributed by atoms with Gasteiger partial charge in [-0.2, -0.15) is 0 Å². The van der Waals surface area contributed by atoms with Crippen molar-refractivity contribution in [1.82, 2.24) is 14.7 Å². The maximum Gasteiger partial charge on any atom is 0.139 e. The molecule has 2 aromatic carbocycles. The third-order valence-corrected chi connectivity index (χ3v) is 6.83. The average molecular weight is 438 g/mol.